The quantitative estimate of drug-likeness (QED) is 0.411. The number of thioether (sulfide) groups is 1. The van der Waals surface area contributed by atoms with Gasteiger partial charge in [0.25, 0.3) is 0 Å². The van der Waals surface area contributed by atoms with Crippen LogP contribution in [0, 0.1) is 0 Å². The first-order valence-electron chi connectivity index (χ1n) is 9.66. The summed E-state index contributed by atoms with van der Waals surface area (Å²) in [7, 11) is 1.59. The molecule has 0 saturated carbocycles. The van der Waals surface area contributed by atoms with Crippen LogP contribution in [0.2, 0.25) is 0 Å². The van der Waals surface area contributed by atoms with Crippen LogP contribution in [-0.2, 0) is 14.3 Å². The molecule has 6 nitrogen and oxygen atoms in total. The molecule has 1 aromatic heterocycles. The number of hydrogen-bond donors (Lipinski definition) is 1. The van der Waals surface area contributed by atoms with Crippen molar-refractivity contribution in [3.63, 3.8) is 0 Å². The molecule has 1 N–H and O–H groups in total. The Labute approximate surface area is 180 Å². The molecule has 30 heavy (non-hydrogen) atoms. The van der Waals surface area contributed by atoms with E-state index in [1.54, 1.807) is 26.2 Å². The fourth-order valence-electron chi connectivity index (χ4n) is 2.98. The first kappa shape index (κ1) is 21.6. The highest BCUT2D eigenvalue weighted by atomic mass is 32.2. The number of pyridine rings is 1. The lowest BCUT2D eigenvalue weighted by Gasteiger charge is -2.19. The minimum absolute atomic E-state index is 0.0603. The smallest absolute Gasteiger partial charge is 0.308 e. The molecule has 0 radical (unpaired) electrons. The van der Waals surface area contributed by atoms with Gasteiger partial charge in [-0.1, -0.05) is 48.2 Å². The number of fused-ring (bicyclic) bond motifs is 1. The predicted octanol–water partition coefficient (Wildman–Crippen LogP) is 4.15. The molecule has 0 aliphatic heterocycles. The number of esters is 1. The Morgan fingerprint density at radius 2 is 1.83 bits per heavy atom. The van der Waals surface area contributed by atoms with Gasteiger partial charge in [0.1, 0.15) is 5.75 Å². The average molecular weight is 425 g/mol. The highest BCUT2D eigenvalue weighted by Gasteiger charge is 2.19. The van der Waals surface area contributed by atoms with Crippen molar-refractivity contribution in [1.29, 1.82) is 0 Å². The lowest BCUT2D eigenvalue weighted by Crippen LogP contribution is -2.32. The normalized spacial score (nSPS) is 11.7. The van der Waals surface area contributed by atoms with Crippen LogP contribution < -0.4 is 10.1 Å². The van der Waals surface area contributed by atoms with Gasteiger partial charge < -0.3 is 14.8 Å². The third-order valence-corrected chi connectivity index (χ3v) is 5.38. The highest BCUT2D eigenvalue weighted by molar-refractivity contribution is 7.99. The van der Waals surface area contributed by atoms with E-state index in [0.717, 1.165) is 21.5 Å². The molecule has 156 valence electrons. The molecule has 3 rings (SSSR count). The average Bonchev–Trinajstić information content (AvgIpc) is 2.77. The van der Waals surface area contributed by atoms with Gasteiger partial charge in [0.2, 0.25) is 5.91 Å². The van der Waals surface area contributed by atoms with Crippen molar-refractivity contribution < 1.29 is 19.1 Å². The number of ether oxygens (including phenoxy) is 2. The maximum Gasteiger partial charge on any atom is 0.308 e. The third-order valence-electron chi connectivity index (χ3n) is 4.45. The van der Waals surface area contributed by atoms with Gasteiger partial charge in [0, 0.05) is 5.39 Å². The number of benzene rings is 2. The van der Waals surface area contributed by atoms with Crippen LogP contribution >= 0.6 is 11.8 Å². The lowest BCUT2D eigenvalue weighted by molar-refractivity contribution is -0.143. The minimum Gasteiger partial charge on any atom is -0.497 e. The van der Waals surface area contributed by atoms with Gasteiger partial charge in [-0.05, 0) is 36.8 Å². The fraction of sp³-hybridized carbons (Fsp3) is 0.261. The fourth-order valence-corrected chi connectivity index (χ4v) is 3.67. The van der Waals surface area contributed by atoms with E-state index in [1.165, 1.54) is 11.8 Å². The van der Waals surface area contributed by atoms with E-state index in [4.69, 9.17) is 9.47 Å². The van der Waals surface area contributed by atoms with E-state index < -0.39 is 6.04 Å². The molecule has 0 aliphatic carbocycles. The van der Waals surface area contributed by atoms with Crippen LogP contribution in [-0.4, -0.2) is 36.3 Å². The molecule has 0 spiro atoms. The maximum absolute atomic E-state index is 12.6. The number of nitrogens with zero attached hydrogens (tertiary/aromatic N) is 1. The van der Waals surface area contributed by atoms with Gasteiger partial charge in [-0.15, -0.1) is 0 Å². The van der Waals surface area contributed by atoms with E-state index in [1.807, 2.05) is 48.5 Å². The van der Waals surface area contributed by atoms with Gasteiger partial charge in [-0.25, -0.2) is 4.98 Å². The van der Waals surface area contributed by atoms with Gasteiger partial charge in [0.15, 0.2) is 0 Å². The Morgan fingerprint density at radius 1 is 1.07 bits per heavy atom. The Hall–Kier alpha value is -3.06. The molecule has 0 bridgehead atoms. The summed E-state index contributed by atoms with van der Waals surface area (Å²) in [4.78, 5) is 29.2. The van der Waals surface area contributed by atoms with E-state index in [9.17, 15) is 9.59 Å². The molecule has 0 aliphatic rings. The first-order chi connectivity index (χ1) is 14.6. The van der Waals surface area contributed by atoms with Gasteiger partial charge >= 0.3 is 5.97 Å². The number of aromatic nitrogens is 1. The van der Waals surface area contributed by atoms with Crippen LogP contribution in [0.1, 0.15) is 24.9 Å². The summed E-state index contributed by atoms with van der Waals surface area (Å²) in [5.74, 6) is 0.362. The lowest BCUT2D eigenvalue weighted by atomic mass is 10.0. The Bertz CT molecular complexity index is 1010. The molecule has 1 amide bonds. The molecule has 2 aromatic carbocycles. The van der Waals surface area contributed by atoms with E-state index in [-0.39, 0.29) is 24.1 Å². The maximum atomic E-state index is 12.6. The van der Waals surface area contributed by atoms with Crippen molar-refractivity contribution in [1.82, 2.24) is 10.3 Å². The number of amides is 1. The van der Waals surface area contributed by atoms with Gasteiger partial charge in [-0.3, -0.25) is 9.59 Å². The van der Waals surface area contributed by atoms with Crippen molar-refractivity contribution in [2.75, 3.05) is 19.5 Å². The van der Waals surface area contributed by atoms with E-state index >= 15 is 0 Å². The van der Waals surface area contributed by atoms with Crippen LogP contribution in [0.5, 0.6) is 5.75 Å². The number of hydrogen-bond acceptors (Lipinski definition) is 6. The van der Waals surface area contributed by atoms with Crippen LogP contribution in [0.4, 0.5) is 0 Å². The molecular formula is C23H24N2O4S. The SMILES string of the molecule is CCOC(=O)CC(NC(=O)CSc1ccc2ccccc2n1)c1ccc(OC)cc1. The summed E-state index contributed by atoms with van der Waals surface area (Å²) in [5.41, 5.74) is 1.70. The zero-order chi connectivity index (χ0) is 21.3. The Balaban J connectivity index is 1.65. The number of para-hydroxylation sites is 1. The number of carbonyl (C=O) groups is 2. The van der Waals surface area contributed by atoms with Crippen molar-refractivity contribution >= 4 is 34.5 Å². The molecule has 1 unspecified atom stereocenters. The van der Waals surface area contributed by atoms with Gasteiger partial charge in [0.05, 0.1) is 42.5 Å². The van der Waals surface area contributed by atoms with Crippen LogP contribution in [0.25, 0.3) is 10.9 Å². The van der Waals surface area contributed by atoms with Crippen molar-refractivity contribution in [2.24, 2.45) is 0 Å². The van der Waals surface area contributed by atoms with Crippen molar-refractivity contribution in [2.45, 2.75) is 24.4 Å². The summed E-state index contributed by atoms with van der Waals surface area (Å²) in [6.45, 7) is 2.05. The largest absolute Gasteiger partial charge is 0.497 e. The predicted molar refractivity (Wildman–Crippen MR) is 118 cm³/mol. The first-order valence-corrected chi connectivity index (χ1v) is 10.6. The Kier molecular flexibility index (Phi) is 7.68. The molecular weight excluding hydrogens is 400 g/mol. The van der Waals surface area contributed by atoms with Crippen LogP contribution in [0.15, 0.2) is 65.7 Å². The summed E-state index contributed by atoms with van der Waals surface area (Å²) >= 11 is 1.36. The van der Waals surface area contributed by atoms with Crippen molar-refractivity contribution in [3.05, 3.63) is 66.2 Å². The zero-order valence-electron chi connectivity index (χ0n) is 17.0. The summed E-state index contributed by atoms with van der Waals surface area (Å²) in [6.07, 6.45) is 0.0603. The van der Waals surface area contributed by atoms with E-state index in [2.05, 4.69) is 10.3 Å². The molecule has 0 saturated heterocycles. The van der Waals surface area contributed by atoms with Gasteiger partial charge in [-0.2, -0.15) is 0 Å². The van der Waals surface area contributed by atoms with Crippen LogP contribution in [0.3, 0.4) is 0 Å². The molecule has 0 fully saturated rings. The summed E-state index contributed by atoms with van der Waals surface area (Å²) in [6, 6.07) is 18.5. The minimum atomic E-state index is -0.479. The number of methoxy groups -OCH3 is 1. The molecule has 1 heterocycles. The molecule has 3 aromatic rings. The highest BCUT2D eigenvalue weighted by Crippen LogP contribution is 2.23. The Morgan fingerprint density at radius 3 is 2.57 bits per heavy atom. The second-order valence-corrected chi connectivity index (χ2v) is 7.53. The standard InChI is InChI=1S/C23H24N2O4S/c1-3-29-23(27)14-20(17-8-11-18(28-2)12-9-17)24-21(26)15-30-22-13-10-16-6-4-5-7-19(16)25-22/h4-13,20H,3,14-15H2,1-2H3,(H,24,26). The summed E-state index contributed by atoms with van der Waals surface area (Å²) in [5, 5.41) is 4.77. The monoisotopic (exact) mass is 424 g/mol. The third kappa shape index (κ3) is 5.97. The summed E-state index contributed by atoms with van der Waals surface area (Å²) < 4.78 is 10.2. The number of rotatable bonds is 9. The second-order valence-electron chi connectivity index (χ2n) is 6.53. The number of nitrogens with one attached hydrogen (secondary N) is 1. The topological polar surface area (TPSA) is 77.5 Å². The van der Waals surface area contributed by atoms with Crippen molar-refractivity contribution in [3.8, 4) is 5.75 Å². The molecule has 7 heteroatoms. The zero-order valence-corrected chi connectivity index (χ0v) is 17.8. The second kappa shape index (κ2) is 10.6. The van der Waals surface area contributed by atoms with E-state index in [0.29, 0.717) is 12.4 Å². The molecule has 1 atom stereocenters. The number of carbonyl (C=O) groups excluding carboxylic acids is 2.